The average molecular weight is 310 g/mol. The third-order valence-electron chi connectivity index (χ3n) is 2.76. The van der Waals surface area contributed by atoms with Crippen molar-refractivity contribution in [1.82, 2.24) is 5.32 Å². The lowest BCUT2D eigenvalue weighted by Crippen LogP contribution is -2.27. The van der Waals surface area contributed by atoms with Crippen LogP contribution in [0.1, 0.15) is 24.3 Å². The van der Waals surface area contributed by atoms with Gasteiger partial charge in [0, 0.05) is 10.8 Å². The number of rotatable bonds is 6. The smallest absolute Gasteiger partial charge is 0.230 e. The molecule has 0 aliphatic carbocycles. The van der Waals surface area contributed by atoms with E-state index in [4.69, 9.17) is 16.0 Å². The third kappa shape index (κ3) is 4.62. The van der Waals surface area contributed by atoms with Gasteiger partial charge >= 0.3 is 0 Å². The van der Waals surface area contributed by atoms with Gasteiger partial charge in [-0.2, -0.15) is 0 Å². The number of benzene rings is 1. The van der Waals surface area contributed by atoms with Crippen LogP contribution in [0.4, 0.5) is 0 Å². The molecular weight excluding hydrogens is 294 g/mol. The highest BCUT2D eigenvalue weighted by Crippen LogP contribution is 2.16. The van der Waals surface area contributed by atoms with Crippen LogP contribution in [0.3, 0.4) is 0 Å². The third-order valence-corrected chi connectivity index (χ3v) is 4.02. The second-order valence-electron chi connectivity index (χ2n) is 4.42. The first-order valence-electron chi connectivity index (χ1n) is 6.30. The molecule has 1 heterocycles. The molecule has 20 heavy (non-hydrogen) atoms. The Bertz CT molecular complexity index is 540. The van der Waals surface area contributed by atoms with E-state index in [1.807, 2.05) is 43.3 Å². The first kappa shape index (κ1) is 15.0. The van der Waals surface area contributed by atoms with Crippen LogP contribution in [-0.2, 0) is 10.5 Å². The standard InChI is InChI=1S/C15H16ClNO2S/c1-11(14-3-2-8-19-14)17-15(18)10-20-9-12-4-6-13(16)7-5-12/h2-8,11H,9-10H2,1H3,(H,17,18)/t11-/m0/s1. The normalized spacial score (nSPS) is 12.1. The van der Waals surface area contributed by atoms with Crippen LogP contribution in [0, 0.1) is 0 Å². The summed E-state index contributed by atoms with van der Waals surface area (Å²) in [7, 11) is 0. The molecule has 1 amide bonds. The zero-order valence-electron chi connectivity index (χ0n) is 11.1. The summed E-state index contributed by atoms with van der Waals surface area (Å²) in [5.74, 6) is 1.99. The van der Waals surface area contributed by atoms with Crippen LogP contribution in [-0.4, -0.2) is 11.7 Å². The monoisotopic (exact) mass is 309 g/mol. The topological polar surface area (TPSA) is 42.2 Å². The van der Waals surface area contributed by atoms with Crippen LogP contribution in [0.2, 0.25) is 5.02 Å². The van der Waals surface area contributed by atoms with Crippen LogP contribution in [0.15, 0.2) is 47.1 Å². The van der Waals surface area contributed by atoms with Crippen LogP contribution in [0.25, 0.3) is 0 Å². The Kier molecular flexibility index (Phi) is 5.56. The summed E-state index contributed by atoms with van der Waals surface area (Å²) in [6, 6.07) is 11.2. The van der Waals surface area contributed by atoms with Gasteiger partial charge in [0.1, 0.15) is 5.76 Å². The Morgan fingerprint density at radius 1 is 1.35 bits per heavy atom. The van der Waals surface area contributed by atoms with E-state index in [-0.39, 0.29) is 11.9 Å². The van der Waals surface area contributed by atoms with Crippen LogP contribution < -0.4 is 5.32 Å². The quantitative estimate of drug-likeness (QED) is 0.875. The van der Waals surface area contributed by atoms with Crippen molar-refractivity contribution < 1.29 is 9.21 Å². The molecule has 0 fully saturated rings. The molecule has 0 aliphatic heterocycles. The molecule has 106 valence electrons. The van der Waals surface area contributed by atoms with Crippen molar-refractivity contribution >= 4 is 29.3 Å². The largest absolute Gasteiger partial charge is 0.467 e. The summed E-state index contributed by atoms with van der Waals surface area (Å²) in [5.41, 5.74) is 1.16. The van der Waals surface area contributed by atoms with Gasteiger partial charge in [-0.25, -0.2) is 0 Å². The summed E-state index contributed by atoms with van der Waals surface area (Å²) >= 11 is 7.40. The van der Waals surface area contributed by atoms with Gasteiger partial charge in [0.15, 0.2) is 0 Å². The Labute approximate surface area is 127 Å². The maximum Gasteiger partial charge on any atom is 0.230 e. The zero-order chi connectivity index (χ0) is 14.4. The fourth-order valence-electron chi connectivity index (χ4n) is 1.73. The van der Waals surface area contributed by atoms with Gasteiger partial charge in [-0.3, -0.25) is 4.79 Å². The number of nitrogens with one attached hydrogen (secondary N) is 1. The van der Waals surface area contributed by atoms with Crippen molar-refractivity contribution in [3.8, 4) is 0 Å². The minimum atomic E-state index is -0.103. The van der Waals surface area contributed by atoms with Gasteiger partial charge in [-0.1, -0.05) is 23.7 Å². The van der Waals surface area contributed by atoms with Crippen LogP contribution in [0.5, 0.6) is 0 Å². The molecule has 0 radical (unpaired) electrons. The summed E-state index contributed by atoms with van der Waals surface area (Å²) in [4.78, 5) is 11.8. The molecule has 2 aromatic rings. The maximum absolute atomic E-state index is 11.8. The van der Waals surface area contributed by atoms with E-state index < -0.39 is 0 Å². The first-order valence-corrected chi connectivity index (χ1v) is 7.83. The van der Waals surface area contributed by atoms with Crippen LogP contribution >= 0.6 is 23.4 Å². The molecule has 1 aromatic heterocycles. The van der Waals surface area contributed by atoms with E-state index in [1.54, 1.807) is 18.0 Å². The molecule has 5 heteroatoms. The second kappa shape index (κ2) is 7.41. The van der Waals surface area contributed by atoms with Gasteiger partial charge in [0.2, 0.25) is 5.91 Å². The molecule has 0 unspecified atom stereocenters. The first-order chi connectivity index (χ1) is 9.65. The van der Waals surface area contributed by atoms with E-state index in [0.717, 1.165) is 22.1 Å². The van der Waals surface area contributed by atoms with Crippen molar-refractivity contribution in [3.63, 3.8) is 0 Å². The van der Waals surface area contributed by atoms with E-state index in [1.165, 1.54) is 0 Å². The number of thioether (sulfide) groups is 1. The fourth-order valence-corrected chi connectivity index (χ4v) is 2.66. The molecule has 0 aliphatic rings. The van der Waals surface area contributed by atoms with E-state index in [0.29, 0.717) is 5.75 Å². The molecule has 3 nitrogen and oxygen atoms in total. The molecule has 0 bridgehead atoms. The number of hydrogen-bond donors (Lipinski definition) is 1. The number of halogens is 1. The molecule has 0 spiro atoms. The molecule has 0 saturated heterocycles. The Hall–Kier alpha value is -1.39. The van der Waals surface area contributed by atoms with Gasteiger partial charge in [0.25, 0.3) is 0 Å². The second-order valence-corrected chi connectivity index (χ2v) is 5.85. The number of furan rings is 1. The van der Waals surface area contributed by atoms with Gasteiger partial charge in [-0.05, 0) is 36.8 Å². The molecule has 0 saturated carbocycles. The fraction of sp³-hybridized carbons (Fsp3) is 0.267. The highest BCUT2D eigenvalue weighted by Gasteiger charge is 2.11. The maximum atomic E-state index is 11.8. The average Bonchev–Trinajstić information content (AvgIpc) is 2.95. The Balaban J connectivity index is 1.71. The molecular formula is C15H16ClNO2S. The predicted octanol–water partition coefficient (Wildman–Crippen LogP) is 4.04. The predicted molar refractivity (Wildman–Crippen MR) is 82.9 cm³/mol. The lowest BCUT2D eigenvalue weighted by molar-refractivity contribution is -0.119. The molecule has 1 aromatic carbocycles. The van der Waals surface area contributed by atoms with Crippen molar-refractivity contribution in [2.45, 2.75) is 18.7 Å². The van der Waals surface area contributed by atoms with Crippen molar-refractivity contribution in [2.75, 3.05) is 5.75 Å². The lowest BCUT2D eigenvalue weighted by Gasteiger charge is -2.11. The van der Waals surface area contributed by atoms with Crippen molar-refractivity contribution in [1.29, 1.82) is 0 Å². The number of carbonyl (C=O) groups excluding carboxylic acids is 1. The number of amides is 1. The minimum absolute atomic E-state index is 0.00728. The number of hydrogen-bond acceptors (Lipinski definition) is 3. The zero-order valence-corrected chi connectivity index (χ0v) is 12.7. The Morgan fingerprint density at radius 3 is 2.75 bits per heavy atom. The van der Waals surface area contributed by atoms with Gasteiger partial charge < -0.3 is 9.73 Å². The number of carbonyl (C=O) groups is 1. The minimum Gasteiger partial charge on any atom is -0.467 e. The SMILES string of the molecule is C[C@H](NC(=O)CSCc1ccc(Cl)cc1)c1ccco1. The van der Waals surface area contributed by atoms with E-state index in [9.17, 15) is 4.79 Å². The summed E-state index contributed by atoms with van der Waals surface area (Å²) < 4.78 is 5.25. The highest BCUT2D eigenvalue weighted by atomic mass is 35.5. The van der Waals surface area contributed by atoms with Crippen molar-refractivity contribution in [3.05, 3.63) is 59.0 Å². The highest BCUT2D eigenvalue weighted by molar-refractivity contribution is 7.99. The Morgan fingerprint density at radius 2 is 2.10 bits per heavy atom. The summed E-state index contributed by atoms with van der Waals surface area (Å²) in [6.07, 6.45) is 1.60. The van der Waals surface area contributed by atoms with Gasteiger partial charge in [-0.15, -0.1) is 11.8 Å². The molecule has 2 rings (SSSR count). The summed E-state index contributed by atoms with van der Waals surface area (Å²) in [5, 5.41) is 3.63. The molecule has 1 N–H and O–H groups in total. The van der Waals surface area contributed by atoms with Crippen molar-refractivity contribution in [2.24, 2.45) is 0 Å². The molecule has 1 atom stereocenters. The van der Waals surface area contributed by atoms with E-state index >= 15 is 0 Å². The summed E-state index contributed by atoms with van der Waals surface area (Å²) in [6.45, 7) is 1.90. The van der Waals surface area contributed by atoms with Gasteiger partial charge in [0.05, 0.1) is 18.1 Å². The lowest BCUT2D eigenvalue weighted by atomic mass is 10.2. The van der Waals surface area contributed by atoms with E-state index in [2.05, 4.69) is 5.32 Å².